The van der Waals surface area contributed by atoms with E-state index < -0.39 is 0 Å². The van der Waals surface area contributed by atoms with Gasteiger partial charge in [0.15, 0.2) is 0 Å². The van der Waals surface area contributed by atoms with Crippen LogP contribution in [-0.4, -0.2) is 0 Å². The van der Waals surface area contributed by atoms with Crippen molar-refractivity contribution in [1.29, 1.82) is 0 Å². The van der Waals surface area contributed by atoms with E-state index in [1.807, 2.05) is 22.7 Å². The summed E-state index contributed by atoms with van der Waals surface area (Å²) in [5, 5.41) is 9.00. The third-order valence-electron chi connectivity index (χ3n) is 6.26. The van der Waals surface area contributed by atoms with E-state index in [2.05, 4.69) is 115 Å². The second-order valence-corrected chi connectivity index (χ2v) is 10.5. The number of anilines is 2. The molecule has 2 aromatic heterocycles. The zero-order chi connectivity index (χ0) is 21.8. The smallest absolute Gasteiger partial charge is 0.0478 e. The quantitative estimate of drug-likeness (QED) is 0.278. The van der Waals surface area contributed by atoms with E-state index in [0.717, 1.165) is 11.4 Å². The van der Waals surface area contributed by atoms with Gasteiger partial charge in [0.25, 0.3) is 0 Å². The van der Waals surface area contributed by atoms with E-state index in [9.17, 15) is 0 Å². The summed E-state index contributed by atoms with van der Waals surface area (Å²) in [7, 11) is 0. The monoisotopic (exact) mass is 457 g/mol. The largest absolute Gasteiger partial charge is 0.355 e. The lowest BCUT2D eigenvalue weighted by molar-refractivity contribution is 1.62. The summed E-state index contributed by atoms with van der Waals surface area (Å²) in [6.07, 6.45) is 0. The molecule has 0 aliphatic carbocycles. The Hall–Kier alpha value is -3.66. The number of fused-ring (bicyclic) bond motifs is 6. The van der Waals surface area contributed by atoms with Gasteiger partial charge in [-0.3, -0.25) is 0 Å². The molecule has 7 rings (SSSR count). The molecule has 0 aliphatic rings. The number of benzene rings is 5. The summed E-state index contributed by atoms with van der Waals surface area (Å²) >= 11 is 3.71. The van der Waals surface area contributed by atoms with Gasteiger partial charge in [0.05, 0.1) is 0 Å². The predicted octanol–water partition coefficient (Wildman–Crippen LogP) is 9.83. The molecule has 1 nitrogen and oxygen atoms in total. The maximum atomic E-state index is 3.73. The Kier molecular flexibility index (Phi) is 4.26. The number of hydrogen-bond acceptors (Lipinski definition) is 3. The van der Waals surface area contributed by atoms with Gasteiger partial charge in [0.2, 0.25) is 0 Å². The third-order valence-corrected chi connectivity index (χ3v) is 8.53. The minimum Gasteiger partial charge on any atom is -0.355 e. The molecule has 0 unspecified atom stereocenters. The number of rotatable bonds is 3. The fourth-order valence-electron chi connectivity index (χ4n) is 4.70. The van der Waals surface area contributed by atoms with E-state index >= 15 is 0 Å². The van der Waals surface area contributed by atoms with Gasteiger partial charge in [0, 0.05) is 51.7 Å². The molecule has 0 spiro atoms. The molecule has 1 N–H and O–H groups in total. The second-order valence-electron chi connectivity index (χ2n) is 8.29. The van der Waals surface area contributed by atoms with E-state index in [-0.39, 0.29) is 0 Å². The Bertz CT molecular complexity index is 1790. The number of hydrogen-bond donors (Lipinski definition) is 1. The van der Waals surface area contributed by atoms with Crippen molar-refractivity contribution >= 4 is 74.4 Å². The van der Waals surface area contributed by atoms with E-state index in [1.54, 1.807) is 0 Å². The van der Waals surface area contributed by atoms with Crippen LogP contribution in [0.25, 0.3) is 51.5 Å². The maximum Gasteiger partial charge on any atom is 0.0478 e. The Balaban J connectivity index is 1.37. The molecule has 0 saturated heterocycles. The Labute approximate surface area is 199 Å². The molecule has 5 aromatic carbocycles. The van der Waals surface area contributed by atoms with E-state index in [0.29, 0.717) is 0 Å². The van der Waals surface area contributed by atoms with Crippen LogP contribution >= 0.6 is 22.7 Å². The lowest BCUT2D eigenvalue weighted by Gasteiger charge is -2.09. The van der Waals surface area contributed by atoms with Crippen LogP contribution in [0.15, 0.2) is 109 Å². The van der Waals surface area contributed by atoms with Gasteiger partial charge in [-0.05, 0) is 53.6 Å². The van der Waals surface area contributed by atoms with Gasteiger partial charge in [-0.2, -0.15) is 0 Å². The zero-order valence-electron chi connectivity index (χ0n) is 17.7. The van der Waals surface area contributed by atoms with Crippen LogP contribution in [0.2, 0.25) is 0 Å². The van der Waals surface area contributed by atoms with E-state index in [1.165, 1.54) is 51.5 Å². The van der Waals surface area contributed by atoms with Gasteiger partial charge < -0.3 is 5.32 Å². The van der Waals surface area contributed by atoms with Crippen molar-refractivity contribution in [2.75, 3.05) is 5.32 Å². The fourth-order valence-corrected chi connectivity index (χ4v) is 6.96. The molecule has 0 fully saturated rings. The highest BCUT2D eigenvalue weighted by molar-refractivity contribution is 7.26. The molecule has 0 aliphatic heterocycles. The summed E-state index contributed by atoms with van der Waals surface area (Å²) in [6.45, 7) is 0. The molecule has 3 heteroatoms. The first kappa shape index (κ1) is 18.9. The Morgan fingerprint density at radius 1 is 0.455 bits per heavy atom. The van der Waals surface area contributed by atoms with Gasteiger partial charge in [-0.25, -0.2) is 0 Å². The Morgan fingerprint density at radius 2 is 1.21 bits per heavy atom. The highest BCUT2D eigenvalue weighted by Gasteiger charge is 2.12. The summed E-state index contributed by atoms with van der Waals surface area (Å²) < 4.78 is 5.28. The summed E-state index contributed by atoms with van der Waals surface area (Å²) in [5.74, 6) is 0. The fraction of sp³-hybridized carbons (Fsp3) is 0. The van der Waals surface area contributed by atoms with Crippen molar-refractivity contribution < 1.29 is 0 Å². The van der Waals surface area contributed by atoms with Crippen molar-refractivity contribution in [1.82, 2.24) is 0 Å². The SMILES string of the molecule is c1ccc(-c2ccc3sc4cccc(Nc5ccc6c(c5)sc5ccccc56)c4c3c2)cc1. The minimum atomic E-state index is 1.13. The normalized spacial score (nSPS) is 11.6. The van der Waals surface area contributed by atoms with Gasteiger partial charge in [-0.1, -0.05) is 66.7 Å². The zero-order valence-corrected chi connectivity index (χ0v) is 19.3. The minimum absolute atomic E-state index is 1.13. The highest BCUT2D eigenvalue weighted by atomic mass is 32.1. The average molecular weight is 458 g/mol. The molecule has 2 heterocycles. The predicted molar refractivity (Wildman–Crippen MR) is 147 cm³/mol. The van der Waals surface area contributed by atoms with Crippen LogP contribution in [0.4, 0.5) is 11.4 Å². The summed E-state index contributed by atoms with van der Waals surface area (Å²) in [5.41, 5.74) is 4.79. The van der Waals surface area contributed by atoms with Gasteiger partial charge in [-0.15, -0.1) is 22.7 Å². The van der Waals surface area contributed by atoms with Crippen LogP contribution in [0, 0.1) is 0 Å². The average Bonchev–Trinajstić information content (AvgIpc) is 3.42. The first-order valence-corrected chi connectivity index (χ1v) is 12.7. The van der Waals surface area contributed by atoms with E-state index in [4.69, 9.17) is 0 Å². The molecule has 0 saturated carbocycles. The van der Waals surface area contributed by atoms with Gasteiger partial charge >= 0.3 is 0 Å². The maximum absolute atomic E-state index is 3.73. The van der Waals surface area contributed by atoms with Crippen molar-refractivity contribution in [3.05, 3.63) is 109 Å². The van der Waals surface area contributed by atoms with Gasteiger partial charge in [0.1, 0.15) is 0 Å². The number of thiophene rings is 2. The van der Waals surface area contributed by atoms with Crippen molar-refractivity contribution in [2.45, 2.75) is 0 Å². The second kappa shape index (κ2) is 7.45. The molecule has 0 bridgehead atoms. The topological polar surface area (TPSA) is 12.0 Å². The summed E-state index contributed by atoms with van der Waals surface area (Å²) in [4.78, 5) is 0. The van der Waals surface area contributed by atoms with Crippen molar-refractivity contribution in [2.24, 2.45) is 0 Å². The molecular formula is C30H19NS2. The Morgan fingerprint density at radius 3 is 2.15 bits per heavy atom. The third kappa shape index (κ3) is 3.12. The van der Waals surface area contributed by atoms with Crippen LogP contribution < -0.4 is 5.32 Å². The first-order valence-electron chi connectivity index (χ1n) is 11.0. The van der Waals surface area contributed by atoms with Crippen LogP contribution in [0.3, 0.4) is 0 Å². The first-order chi connectivity index (χ1) is 16.3. The lowest BCUT2D eigenvalue weighted by Crippen LogP contribution is -1.90. The molecule has 0 amide bonds. The number of nitrogens with one attached hydrogen (secondary N) is 1. The van der Waals surface area contributed by atoms with Crippen LogP contribution in [0.1, 0.15) is 0 Å². The molecule has 0 radical (unpaired) electrons. The molecule has 0 atom stereocenters. The molecule has 7 aromatic rings. The standard InChI is InChI=1S/C30H19NS2/c1-2-7-19(8-3-1)20-13-16-27-24(17-20)30-25(10-6-12-28(30)32-27)31-21-14-15-23-22-9-4-5-11-26(22)33-29(23)18-21/h1-18,31H. The van der Waals surface area contributed by atoms with Crippen LogP contribution in [0.5, 0.6) is 0 Å². The van der Waals surface area contributed by atoms with Crippen molar-refractivity contribution in [3.8, 4) is 11.1 Å². The van der Waals surface area contributed by atoms with Crippen molar-refractivity contribution in [3.63, 3.8) is 0 Å². The molecule has 156 valence electrons. The van der Waals surface area contributed by atoms with Crippen LogP contribution in [-0.2, 0) is 0 Å². The lowest BCUT2D eigenvalue weighted by atomic mass is 10.0. The highest BCUT2D eigenvalue weighted by Crippen LogP contribution is 2.42. The molecular weight excluding hydrogens is 438 g/mol. The molecule has 33 heavy (non-hydrogen) atoms. The summed E-state index contributed by atoms with van der Waals surface area (Å²) in [6, 6.07) is 39.4.